The first-order valence-corrected chi connectivity index (χ1v) is 3.99. The van der Waals surface area contributed by atoms with Crippen molar-refractivity contribution in [1.82, 2.24) is 0 Å². The lowest BCUT2D eigenvalue weighted by Gasteiger charge is -2.12. The highest BCUT2D eigenvalue weighted by atomic mass is 16.6. The van der Waals surface area contributed by atoms with E-state index in [-0.39, 0.29) is 6.42 Å². The maximum Gasteiger partial charge on any atom is 0.417 e. The average Bonchev–Trinajstić information content (AvgIpc) is 2.05. The van der Waals surface area contributed by atoms with E-state index in [4.69, 9.17) is 11.5 Å². The quantitative estimate of drug-likeness (QED) is 0.399. The molecule has 4 heteroatoms. The van der Waals surface area contributed by atoms with Gasteiger partial charge in [0.15, 0.2) is 0 Å². The number of carbonyl (C=O) groups excluding carboxylic acids is 1. The lowest BCUT2D eigenvalue weighted by Crippen LogP contribution is -2.23. The van der Waals surface area contributed by atoms with E-state index in [1.807, 2.05) is 6.92 Å². The van der Waals surface area contributed by atoms with Crippen LogP contribution in [0, 0.1) is 12.3 Å². The average molecular weight is 184 g/mol. The van der Waals surface area contributed by atoms with Crippen LogP contribution in [0.2, 0.25) is 0 Å². The van der Waals surface area contributed by atoms with Crippen molar-refractivity contribution >= 4 is 11.9 Å². The Kier molecular flexibility index (Phi) is 5.37. The molecular formula is C9H12O4. The Morgan fingerprint density at radius 1 is 1.62 bits per heavy atom. The van der Waals surface area contributed by atoms with Crippen molar-refractivity contribution in [3.05, 3.63) is 0 Å². The third-order valence-corrected chi connectivity index (χ3v) is 1.40. The normalized spacial score (nSPS) is 11.4. The molecule has 4 nitrogen and oxygen atoms in total. The summed E-state index contributed by atoms with van der Waals surface area (Å²) in [6, 6.07) is 0. The van der Waals surface area contributed by atoms with Gasteiger partial charge in [0.25, 0.3) is 0 Å². The number of hydrogen-bond acceptors (Lipinski definition) is 3. The van der Waals surface area contributed by atoms with Gasteiger partial charge >= 0.3 is 11.9 Å². The number of carbonyl (C=O) groups is 2. The van der Waals surface area contributed by atoms with Crippen LogP contribution in [-0.4, -0.2) is 23.1 Å². The van der Waals surface area contributed by atoms with Gasteiger partial charge in [-0.3, -0.25) is 0 Å². The van der Waals surface area contributed by atoms with Gasteiger partial charge in [0.2, 0.25) is 0 Å². The highest BCUT2D eigenvalue weighted by Gasteiger charge is 2.18. The second-order valence-electron chi connectivity index (χ2n) is 2.53. The second-order valence-corrected chi connectivity index (χ2v) is 2.53. The zero-order valence-corrected chi connectivity index (χ0v) is 7.45. The molecule has 0 aromatic rings. The standard InChI is InChI=1S/C9H12O4/c1-3-5-7(6-4-2)13-9(12)8(10)11/h1,7H,4-6H2,2H3,(H,10,11). The van der Waals surface area contributed by atoms with Gasteiger partial charge in [-0.25, -0.2) is 9.59 Å². The highest BCUT2D eigenvalue weighted by Crippen LogP contribution is 2.06. The first-order valence-electron chi connectivity index (χ1n) is 3.99. The zero-order valence-electron chi connectivity index (χ0n) is 7.45. The maximum atomic E-state index is 10.6. The van der Waals surface area contributed by atoms with E-state index in [0.29, 0.717) is 6.42 Å². The molecule has 0 aliphatic heterocycles. The topological polar surface area (TPSA) is 63.6 Å². The number of terminal acetylenes is 1. The smallest absolute Gasteiger partial charge is 0.417 e. The van der Waals surface area contributed by atoms with E-state index < -0.39 is 18.0 Å². The highest BCUT2D eigenvalue weighted by molar-refractivity contribution is 6.28. The number of aliphatic carboxylic acids is 1. The molecule has 1 N–H and O–H groups in total. The molecule has 0 rings (SSSR count). The van der Waals surface area contributed by atoms with Crippen LogP contribution in [0.25, 0.3) is 0 Å². The number of carboxylic acids is 1. The molecule has 0 spiro atoms. The minimum absolute atomic E-state index is 0.257. The predicted octanol–water partition coefficient (Wildman–Crippen LogP) is 0.806. The number of hydrogen-bond donors (Lipinski definition) is 1. The minimum atomic E-state index is -1.59. The van der Waals surface area contributed by atoms with Crippen LogP contribution in [0.1, 0.15) is 26.2 Å². The van der Waals surface area contributed by atoms with Crippen LogP contribution < -0.4 is 0 Å². The Bertz CT molecular complexity index is 226. The van der Waals surface area contributed by atoms with E-state index in [0.717, 1.165) is 6.42 Å². The summed E-state index contributed by atoms with van der Waals surface area (Å²) in [6.45, 7) is 1.90. The molecule has 0 aliphatic carbocycles. The monoisotopic (exact) mass is 184 g/mol. The van der Waals surface area contributed by atoms with Gasteiger partial charge in [0.05, 0.1) is 0 Å². The van der Waals surface area contributed by atoms with Crippen molar-refractivity contribution in [3.63, 3.8) is 0 Å². The molecule has 0 saturated heterocycles. The van der Waals surface area contributed by atoms with Crippen LogP contribution in [0.5, 0.6) is 0 Å². The molecule has 0 heterocycles. The molecule has 0 saturated carbocycles. The van der Waals surface area contributed by atoms with E-state index in [1.165, 1.54) is 0 Å². The molecule has 0 aromatic heterocycles. The molecule has 0 fully saturated rings. The first kappa shape index (κ1) is 11.5. The van der Waals surface area contributed by atoms with Crippen LogP contribution >= 0.6 is 0 Å². The molecular weight excluding hydrogens is 172 g/mol. The Balaban J connectivity index is 4.02. The van der Waals surface area contributed by atoms with Gasteiger partial charge in [0.1, 0.15) is 6.10 Å². The fourth-order valence-corrected chi connectivity index (χ4v) is 0.858. The SMILES string of the molecule is C#CCC(CCC)OC(=O)C(=O)O. The molecule has 72 valence electrons. The number of esters is 1. The summed E-state index contributed by atoms with van der Waals surface area (Å²) < 4.78 is 4.61. The fraction of sp³-hybridized carbons (Fsp3) is 0.556. The number of carboxylic acid groups (broad SMARTS) is 1. The number of rotatable bonds is 4. The van der Waals surface area contributed by atoms with Crippen LogP contribution in [0.3, 0.4) is 0 Å². The molecule has 0 radical (unpaired) electrons. The van der Waals surface area contributed by atoms with Gasteiger partial charge in [-0.15, -0.1) is 12.3 Å². The van der Waals surface area contributed by atoms with Crippen LogP contribution in [0.15, 0.2) is 0 Å². The molecule has 0 bridgehead atoms. The van der Waals surface area contributed by atoms with E-state index in [9.17, 15) is 9.59 Å². The predicted molar refractivity (Wildman–Crippen MR) is 45.9 cm³/mol. The van der Waals surface area contributed by atoms with Crippen molar-refractivity contribution < 1.29 is 19.4 Å². The Labute approximate surface area is 76.9 Å². The second kappa shape index (κ2) is 6.06. The number of ether oxygens (including phenoxy) is 1. The van der Waals surface area contributed by atoms with Crippen molar-refractivity contribution in [3.8, 4) is 12.3 Å². The maximum absolute atomic E-state index is 10.6. The van der Waals surface area contributed by atoms with Gasteiger partial charge in [-0.1, -0.05) is 13.3 Å². The lowest BCUT2D eigenvalue weighted by molar-refractivity contribution is -0.167. The fourth-order valence-electron chi connectivity index (χ4n) is 0.858. The third-order valence-electron chi connectivity index (χ3n) is 1.40. The van der Waals surface area contributed by atoms with Crippen molar-refractivity contribution in [2.24, 2.45) is 0 Å². The molecule has 1 atom stereocenters. The summed E-state index contributed by atoms with van der Waals surface area (Å²) in [5, 5.41) is 8.24. The largest absolute Gasteiger partial charge is 0.473 e. The Hall–Kier alpha value is -1.50. The molecule has 13 heavy (non-hydrogen) atoms. The molecule has 1 unspecified atom stereocenters. The van der Waals surface area contributed by atoms with Gasteiger partial charge in [-0.05, 0) is 6.42 Å². The zero-order chi connectivity index (χ0) is 10.3. The van der Waals surface area contributed by atoms with Gasteiger partial charge < -0.3 is 9.84 Å². The molecule has 0 amide bonds. The Morgan fingerprint density at radius 3 is 2.62 bits per heavy atom. The summed E-state index contributed by atoms with van der Waals surface area (Å²) in [5.74, 6) is -0.500. The summed E-state index contributed by atoms with van der Waals surface area (Å²) >= 11 is 0. The van der Waals surface area contributed by atoms with E-state index >= 15 is 0 Å². The van der Waals surface area contributed by atoms with Gasteiger partial charge in [-0.2, -0.15) is 0 Å². The summed E-state index contributed by atoms with van der Waals surface area (Å²) in [7, 11) is 0. The van der Waals surface area contributed by atoms with Gasteiger partial charge in [0, 0.05) is 6.42 Å². The minimum Gasteiger partial charge on any atom is -0.473 e. The third kappa shape index (κ3) is 4.86. The van der Waals surface area contributed by atoms with Crippen molar-refractivity contribution in [2.75, 3.05) is 0 Å². The Morgan fingerprint density at radius 2 is 2.23 bits per heavy atom. The van der Waals surface area contributed by atoms with E-state index in [1.54, 1.807) is 0 Å². The van der Waals surface area contributed by atoms with E-state index in [2.05, 4.69) is 10.7 Å². The summed E-state index contributed by atoms with van der Waals surface area (Å²) in [4.78, 5) is 20.7. The summed E-state index contributed by atoms with van der Waals surface area (Å²) in [5.41, 5.74) is 0. The van der Waals surface area contributed by atoms with Crippen molar-refractivity contribution in [1.29, 1.82) is 0 Å². The van der Waals surface area contributed by atoms with Crippen LogP contribution in [-0.2, 0) is 14.3 Å². The molecule has 0 aromatic carbocycles. The lowest BCUT2D eigenvalue weighted by atomic mass is 10.1. The van der Waals surface area contributed by atoms with Crippen LogP contribution in [0.4, 0.5) is 0 Å². The van der Waals surface area contributed by atoms with Crippen molar-refractivity contribution in [2.45, 2.75) is 32.3 Å². The first-order chi connectivity index (χ1) is 6.11. The molecule has 0 aliphatic rings. The summed E-state index contributed by atoms with van der Waals surface area (Å²) in [6.07, 6.45) is 6.18.